The van der Waals surface area contributed by atoms with Crippen LogP contribution in [-0.2, 0) is 27.7 Å². The lowest BCUT2D eigenvalue weighted by Gasteiger charge is -2.21. The summed E-state index contributed by atoms with van der Waals surface area (Å²) in [6.07, 6.45) is 0. The molecule has 0 saturated carbocycles. The SMILES string of the molecule is Cc1ccc(CN2CCOc3cc([S+](=O)([O-])N(C)C)ccc3C2)c(F)c1. The maximum absolute atomic E-state index is 14.1. The number of fused-ring (bicyclic) bond motifs is 1. The molecule has 0 radical (unpaired) electrons. The number of nitrogens with zero attached hydrogens (tertiary/aromatic N) is 2. The Bertz CT molecular complexity index is 857. The van der Waals surface area contributed by atoms with E-state index < -0.39 is 10.4 Å². The normalized spacial score (nSPS) is 17.3. The zero-order chi connectivity index (χ0) is 18.9. The number of halogens is 1. The van der Waals surface area contributed by atoms with Crippen molar-refractivity contribution in [3.63, 3.8) is 0 Å². The molecule has 5 nitrogen and oxygen atoms in total. The van der Waals surface area contributed by atoms with E-state index in [1.807, 2.05) is 19.1 Å². The third-order valence-electron chi connectivity index (χ3n) is 4.48. The summed E-state index contributed by atoms with van der Waals surface area (Å²) < 4.78 is 45.7. The molecule has 26 heavy (non-hydrogen) atoms. The van der Waals surface area contributed by atoms with Gasteiger partial charge in [0.2, 0.25) is 0 Å². The molecule has 7 heteroatoms. The molecule has 3 rings (SSSR count). The predicted octanol–water partition coefficient (Wildman–Crippen LogP) is 2.99. The zero-order valence-electron chi connectivity index (χ0n) is 15.2. The van der Waals surface area contributed by atoms with Crippen LogP contribution in [0.2, 0.25) is 0 Å². The minimum atomic E-state index is -3.50. The first-order valence-corrected chi connectivity index (χ1v) is 9.87. The van der Waals surface area contributed by atoms with Crippen LogP contribution in [0.5, 0.6) is 5.75 Å². The summed E-state index contributed by atoms with van der Waals surface area (Å²) in [4.78, 5) is 2.30. The van der Waals surface area contributed by atoms with Gasteiger partial charge in [0, 0.05) is 50.9 Å². The Hall–Kier alpha value is -1.80. The van der Waals surface area contributed by atoms with Crippen molar-refractivity contribution in [1.82, 2.24) is 9.21 Å². The molecule has 0 saturated heterocycles. The van der Waals surface area contributed by atoms with E-state index in [-0.39, 0.29) is 10.7 Å². The van der Waals surface area contributed by atoms with E-state index in [0.29, 0.717) is 37.6 Å². The molecule has 2 aromatic rings. The fraction of sp³-hybridized carbons (Fsp3) is 0.368. The molecule has 2 aromatic carbocycles. The van der Waals surface area contributed by atoms with Gasteiger partial charge in [0.25, 0.3) is 0 Å². The minimum Gasteiger partial charge on any atom is -0.593 e. The lowest BCUT2D eigenvalue weighted by molar-refractivity contribution is 0.217. The first-order valence-electron chi connectivity index (χ1n) is 8.43. The van der Waals surface area contributed by atoms with E-state index in [2.05, 4.69) is 4.90 Å². The van der Waals surface area contributed by atoms with Gasteiger partial charge in [0.15, 0.2) is 15.3 Å². The first-order chi connectivity index (χ1) is 12.3. The Balaban J connectivity index is 1.81. The third-order valence-corrected chi connectivity index (χ3v) is 6.29. The number of ether oxygens (including phenoxy) is 1. The average molecular weight is 378 g/mol. The molecule has 0 aromatic heterocycles. The Kier molecular flexibility index (Phi) is 5.43. The van der Waals surface area contributed by atoms with Crippen LogP contribution in [0.4, 0.5) is 4.39 Å². The van der Waals surface area contributed by atoms with Gasteiger partial charge in [0.05, 0.1) is 0 Å². The Labute approximate surface area is 154 Å². The second-order valence-electron chi connectivity index (χ2n) is 6.71. The van der Waals surface area contributed by atoms with Crippen molar-refractivity contribution < 1.29 is 17.9 Å². The van der Waals surface area contributed by atoms with E-state index in [4.69, 9.17) is 4.74 Å². The third kappa shape index (κ3) is 3.96. The molecular weight excluding hydrogens is 355 g/mol. The molecule has 1 atom stereocenters. The van der Waals surface area contributed by atoms with Crippen molar-refractivity contribution >= 4 is 10.4 Å². The summed E-state index contributed by atoms with van der Waals surface area (Å²) in [5, 5.41) is 0. The molecule has 0 bridgehead atoms. The fourth-order valence-electron chi connectivity index (χ4n) is 2.93. The molecular formula is C19H23FN2O3S. The largest absolute Gasteiger partial charge is 0.593 e. The standard InChI is InChI=1S/C19H23FN2O3S/c1-14-4-5-15(18(20)10-14)12-22-8-9-25-19-11-17(7-6-16(19)13-22)26(23,24)21(2)3/h4-7,10-11H,8-9,12-13H2,1-3H3. The van der Waals surface area contributed by atoms with Crippen LogP contribution in [0, 0.1) is 12.7 Å². The highest BCUT2D eigenvalue weighted by atomic mass is 32.3. The second-order valence-corrected chi connectivity index (χ2v) is 8.86. The fourth-order valence-corrected chi connectivity index (χ4v) is 3.85. The van der Waals surface area contributed by atoms with Gasteiger partial charge in [-0.2, -0.15) is 0 Å². The topological polar surface area (TPSA) is 55.8 Å². The number of hydrogen-bond acceptors (Lipinski definition) is 4. The monoisotopic (exact) mass is 378 g/mol. The van der Waals surface area contributed by atoms with Gasteiger partial charge in [-0.05, 0) is 30.7 Å². The summed E-state index contributed by atoms with van der Waals surface area (Å²) in [5.41, 5.74) is 2.43. The van der Waals surface area contributed by atoms with Gasteiger partial charge < -0.3 is 9.29 Å². The first kappa shape index (κ1) is 19.0. The molecule has 1 aliphatic heterocycles. The highest BCUT2D eigenvalue weighted by Gasteiger charge is 2.26. The quantitative estimate of drug-likeness (QED) is 0.768. The molecule has 0 spiro atoms. The van der Waals surface area contributed by atoms with Crippen molar-refractivity contribution in [2.45, 2.75) is 24.9 Å². The molecule has 0 amide bonds. The van der Waals surface area contributed by atoms with E-state index in [1.165, 1.54) is 24.5 Å². The maximum atomic E-state index is 14.1. The predicted molar refractivity (Wildman–Crippen MR) is 98.0 cm³/mol. The lowest BCUT2D eigenvalue weighted by atomic mass is 10.1. The number of aryl methyl sites for hydroxylation is 1. The van der Waals surface area contributed by atoms with Crippen LogP contribution in [0.25, 0.3) is 0 Å². The van der Waals surface area contributed by atoms with Crippen molar-refractivity contribution in [3.05, 3.63) is 58.9 Å². The number of sulfonamides is 1. The van der Waals surface area contributed by atoms with Crippen LogP contribution in [0.1, 0.15) is 16.7 Å². The molecule has 0 N–H and O–H groups in total. The number of hydrogen-bond donors (Lipinski definition) is 0. The van der Waals surface area contributed by atoms with Crippen molar-refractivity contribution in [3.8, 4) is 5.75 Å². The van der Waals surface area contributed by atoms with E-state index in [0.717, 1.165) is 11.1 Å². The van der Waals surface area contributed by atoms with Crippen molar-refractivity contribution in [2.24, 2.45) is 0 Å². The molecule has 0 aliphatic carbocycles. The summed E-state index contributed by atoms with van der Waals surface area (Å²) in [6, 6.07) is 10.2. The molecule has 140 valence electrons. The van der Waals surface area contributed by atoms with Crippen LogP contribution in [-0.4, -0.2) is 41.0 Å². The van der Waals surface area contributed by atoms with Crippen molar-refractivity contribution in [1.29, 1.82) is 0 Å². The van der Waals surface area contributed by atoms with E-state index in [1.54, 1.807) is 18.2 Å². The second kappa shape index (κ2) is 7.44. The van der Waals surface area contributed by atoms with Crippen LogP contribution in [0.3, 0.4) is 0 Å². The molecule has 1 unspecified atom stereocenters. The van der Waals surface area contributed by atoms with Gasteiger partial charge in [-0.3, -0.25) is 4.90 Å². The zero-order valence-corrected chi connectivity index (χ0v) is 16.0. The highest BCUT2D eigenvalue weighted by Crippen LogP contribution is 2.30. The summed E-state index contributed by atoms with van der Waals surface area (Å²) >= 11 is 0. The van der Waals surface area contributed by atoms with Gasteiger partial charge >= 0.3 is 0 Å². The van der Waals surface area contributed by atoms with Gasteiger partial charge in [-0.25, -0.2) is 4.39 Å². The molecule has 0 fully saturated rings. The van der Waals surface area contributed by atoms with E-state index in [9.17, 15) is 13.2 Å². The molecule has 1 aliphatic rings. The maximum Gasteiger partial charge on any atom is 0.179 e. The van der Waals surface area contributed by atoms with Crippen LogP contribution >= 0.6 is 0 Å². The van der Waals surface area contributed by atoms with Crippen LogP contribution in [0.15, 0.2) is 41.3 Å². The highest BCUT2D eigenvalue weighted by molar-refractivity contribution is 7.95. The van der Waals surface area contributed by atoms with Gasteiger partial charge in [-0.15, -0.1) is 4.31 Å². The Morgan fingerprint density at radius 2 is 2.04 bits per heavy atom. The van der Waals surface area contributed by atoms with Crippen LogP contribution < -0.4 is 4.74 Å². The number of benzene rings is 2. The average Bonchev–Trinajstić information content (AvgIpc) is 2.78. The summed E-state index contributed by atoms with van der Waals surface area (Å²) in [5.74, 6) is 0.364. The Morgan fingerprint density at radius 1 is 1.27 bits per heavy atom. The van der Waals surface area contributed by atoms with Gasteiger partial charge in [0.1, 0.15) is 18.2 Å². The number of rotatable bonds is 4. The lowest BCUT2D eigenvalue weighted by Crippen LogP contribution is -2.29. The van der Waals surface area contributed by atoms with Gasteiger partial charge in [-0.1, -0.05) is 16.3 Å². The Morgan fingerprint density at radius 3 is 2.73 bits per heavy atom. The molecule has 1 heterocycles. The van der Waals surface area contributed by atoms with Crippen molar-refractivity contribution in [2.75, 3.05) is 27.2 Å². The smallest absolute Gasteiger partial charge is 0.179 e. The van der Waals surface area contributed by atoms with E-state index >= 15 is 0 Å². The minimum absolute atomic E-state index is 0.206. The summed E-state index contributed by atoms with van der Waals surface area (Å²) in [6.45, 7) is 3.98. The summed E-state index contributed by atoms with van der Waals surface area (Å²) in [7, 11) is -0.504.